The Bertz CT molecular complexity index is 1550. The molecule has 13 heteroatoms. The molecular weight excluding hydrogens is 510 g/mol. The Labute approximate surface area is 210 Å². The van der Waals surface area contributed by atoms with Crippen LogP contribution in [0.3, 0.4) is 0 Å². The quantitative estimate of drug-likeness (QED) is 0.430. The van der Waals surface area contributed by atoms with Gasteiger partial charge in [-0.2, -0.15) is 0 Å². The molecule has 0 bridgehead atoms. The topological polar surface area (TPSA) is 129 Å². The smallest absolute Gasteiger partial charge is 0.260 e. The maximum atomic E-state index is 13.3. The van der Waals surface area contributed by atoms with Gasteiger partial charge in [0.25, 0.3) is 5.92 Å². The van der Waals surface area contributed by atoms with Gasteiger partial charge in [-0.05, 0) is 32.9 Å². The van der Waals surface area contributed by atoms with E-state index in [9.17, 15) is 22.0 Å². The second-order valence-electron chi connectivity index (χ2n) is 9.71. The van der Waals surface area contributed by atoms with Crippen molar-refractivity contribution in [2.75, 3.05) is 22.6 Å². The zero-order chi connectivity index (χ0) is 26.0. The van der Waals surface area contributed by atoms with E-state index in [0.29, 0.717) is 33.9 Å². The van der Waals surface area contributed by atoms with Crippen molar-refractivity contribution >= 4 is 60.9 Å². The van der Waals surface area contributed by atoms with Crippen LogP contribution in [0.1, 0.15) is 31.7 Å². The molecule has 1 aliphatic heterocycles. The highest BCUT2D eigenvalue weighted by molar-refractivity contribution is 8.14. The first-order valence-electron chi connectivity index (χ1n) is 11.1. The van der Waals surface area contributed by atoms with Gasteiger partial charge in [-0.25, -0.2) is 27.2 Å². The third-order valence-corrected chi connectivity index (χ3v) is 8.42. The lowest BCUT2D eigenvalue weighted by molar-refractivity contribution is -0.119. The number of carbonyl (C=O) groups is 1. The van der Waals surface area contributed by atoms with Crippen molar-refractivity contribution in [3.8, 4) is 0 Å². The number of hydrogen-bond donors (Lipinski definition) is 3. The summed E-state index contributed by atoms with van der Waals surface area (Å²) >= 11 is 1.57. The lowest BCUT2D eigenvalue weighted by atomic mass is 10.1. The van der Waals surface area contributed by atoms with Crippen molar-refractivity contribution in [1.82, 2.24) is 15.0 Å². The fourth-order valence-electron chi connectivity index (χ4n) is 3.92. The molecule has 0 spiro atoms. The summed E-state index contributed by atoms with van der Waals surface area (Å²) in [7, 11) is -3.65. The molecule has 3 aromatic rings. The highest BCUT2D eigenvalue weighted by Gasteiger charge is 2.61. The van der Waals surface area contributed by atoms with Gasteiger partial charge in [-0.15, -0.1) is 11.8 Å². The number of carbonyl (C=O) groups excluding carboxylic acids is 1. The first-order valence-corrected chi connectivity index (χ1v) is 14.0. The number of nitrogens with zero attached hydrogens (tertiary/aromatic N) is 3. The molecule has 2 aliphatic rings. The van der Waals surface area contributed by atoms with Crippen molar-refractivity contribution in [2.24, 2.45) is 10.9 Å². The molecule has 190 valence electrons. The number of thioether (sulfide) groups is 1. The maximum Gasteiger partial charge on any atom is 0.260 e. The number of nitrogens with one attached hydrogen (secondary N) is 3. The summed E-state index contributed by atoms with van der Waals surface area (Å²) in [6, 6.07) is 6.46. The number of rotatable bonds is 6. The second-order valence-corrected chi connectivity index (χ2v) is 12.7. The van der Waals surface area contributed by atoms with Gasteiger partial charge in [0, 0.05) is 30.1 Å². The number of benzene rings is 1. The Kier molecular flexibility index (Phi) is 5.63. The van der Waals surface area contributed by atoms with E-state index in [4.69, 9.17) is 0 Å². The van der Waals surface area contributed by atoms with E-state index in [2.05, 4.69) is 30.6 Å². The number of halogens is 2. The van der Waals surface area contributed by atoms with E-state index in [1.165, 1.54) is 6.07 Å². The molecule has 1 aliphatic carbocycles. The van der Waals surface area contributed by atoms with Crippen molar-refractivity contribution in [2.45, 2.75) is 43.5 Å². The van der Waals surface area contributed by atoms with Crippen molar-refractivity contribution < 1.29 is 22.0 Å². The Balaban J connectivity index is 1.53. The summed E-state index contributed by atoms with van der Waals surface area (Å²) in [6.45, 7) is 5.75. The summed E-state index contributed by atoms with van der Waals surface area (Å²) < 4.78 is 52.1. The van der Waals surface area contributed by atoms with Crippen molar-refractivity contribution in [1.29, 1.82) is 0 Å². The molecule has 1 amide bonds. The molecule has 1 fully saturated rings. The fourth-order valence-corrected chi connectivity index (χ4v) is 5.94. The van der Waals surface area contributed by atoms with E-state index < -0.39 is 34.0 Å². The number of hydrogen-bond acceptors (Lipinski definition) is 8. The minimum atomic E-state index is -3.65. The predicted octanol–water partition coefficient (Wildman–Crippen LogP) is 4.28. The largest absolute Gasteiger partial charge is 0.352 e. The van der Waals surface area contributed by atoms with Gasteiger partial charge in [-0.1, -0.05) is 6.07 Å². The zero-order valence-electron chi connectivity index (χ0n) is 19.9. The molecule has 36 heavy (non-hydrogen) atoms. The Hall–Kier alpha value is -3.06. The standard InChI is InChI=1S/C23H24F2N6O3S2/c1-11-26-18-15(8-17(29-19(18)27-11)30-20(32)13-9-23(13,24)25)28-14-6-5-12(7-16(14)36(4,33)34)21-31-22(2,3)10-35-21/h5-8,13H,9-10H2,1-4H3,(H3,26,27,28,29,30,32). The molecule has 3 heterocycles. The first-order chi connectivity index (χ1) is 16.7. The van der Waals surface area contributed by atoms with Crippen LogP contribution in [-0.2, 0) is 14.6 Å². The highest BCUT2D eigenvalue weighted by atomic mass is 32.2. The van der Waals surface area contributed by atoms with E-state index in [-0.39, 0.29) is 16.3 Å². The number of aryl methyl sites for hydroxylation is 1. The molecule has 9 nitrogen and oxygen atoms in total. The molecule has 0 radical (unpaired) electrons. The van der Waals surface area contributed by atoms with Crippen LogP contribution in [0.15, 0.2) is 34.2 Å². The Morgan fingerprint density at radius 3 is 2.53 bits per heavy atom. The summed E-state index contributed by atoms with van der Waals surface area (Å²) in [5, 5.41) is 6.30. The normalized spacial score (nSPS) is 20.3. The lowest BCUT2D eigenvalue weighted by Crippen LogP contribution is -2.18. The molecule has 0 saturated heterocycles. The number of pyridine rings is 1. The fraction of sp³-hybridized carbons (Fsp3) is 0.391. The number of anilines is 3. The summed E-state index contributed by atoms with van der Waals surface area (Å²) in [6.07, 6.45) is 0.618. The van der Waals surface area contributed by atoms with Gasteiger partial charge >= 0.3 is 0 Å². The number of aliphatic imine (C=N–C) groups is 1. The number of alkyl halides is 2. The van der Waals surface area contributed by atoms with Crippen LogP contribution in [-0.4, -0.2) is 57.8 Å². The average Bonchev–Trinajstić information content (AvgIpc) is 3.05. The van der Waals surface area contributed by atoms with Gasteiger partial charge < -0.3 is 15.6 Å². The number of imidazole rings is 1. The van der Waals surface area contributed by atoms with Gasteiger partial charge in [0.1, 0.15) is 23.1 Å². The van der Waals surface area contributed by atoms with Crippen LogP contribution < -0.4 is 10.6 Å². The van der Waals surface area contributed by atoms with E-state index in [1.807, 2.05) is 13.8 Å². The first kappa shape index (κ1) is 24.6. The van der Waals surface area contributed by atoms with E-state index in [0.717, 1.165) is 17.1 Å². The SMILES string of the molecule is Cc1nc2c(Nc3ccc(C4=NC(C)(C)CS4)cc3S(C)(=O)=O)cc(NC(=O)C3CC3(F)F)nc2[nH]1. The van der Waals surface area contributed by atoms with E-state index >= 15 is 0 Å². The predicted molar refractivity (Wildman–Crippen MR) is 136 cm³/mol. The number of fused-ring (bicyclic) bond motifs is 1. The van der Waals surface area contributed by atoms with E-state index in [1.54, 1.807) is 36.9 Å². The van der Waals surface area contributed by atoms with Crippen LogP contribution in [0.25, 0.3) is 11.2 Å². The number of aromatic amines is 1. The van der Waals surface area contributed by atoms with Gasteiger partial charge in [0.15, 0.2) is 15.5 Å². The second kappa shape index (κ2) is 8.23. The molecule has 2 aromatic heterocycles. The van der Waals surface area contributed by atoms with Gasteiger partial charge in [-0.3, -0.25) is 9.79 Å². The lowest BCUT2D eigenvalue weighted by Gasteiger charge is -2.14. The Morgan fingerprint density at radius 2 is 1.92 bits per heavy atom. The molecule has 3 N–H and O–H groups in total. The minimum absolute atomic E-state index is 0.0396. The number of amides is 1. The minimum Gasteiger partial charge on any atom is -0.352 e. The third kappa shape index (κ3) is 4.81. The van der Waals surface area contributed by atoms with Crippen LogP contribution in [0.5, 0.6) is 0 Å². The number of aromatic nitrogens is 3. The number of H-pyrrole nitrogens is 1. The van der Waals surface area contributed by atoms with Crippen LogP contribution in [0, 0.1) is 12.8 Å². The Morgan fingerprint density at radius 1 is 1.19 bits per heavy atom. The molecule has 1 saturated carbocycles. The average molecular weight is 535 g/mol. The molecule has 1 unspecified atom stereocenters. The monoisotopic (exact) mass is 534 g/mol. The molecule has 1 atom stereocenters. The molecule has 1 aromatic carbocycles. The van der Waals surface area contributed by atoms with Crippen molar-refractivity contribution in [3.63, 3.8) is 0 Å². The summed E-state index contributed by atoms with van der Waals surface area (Å²) in [5.74, 6) is -3.85. The molecule has 5 rings (SSSR count). The van der Waals surface area contributed by atoms with Crippen LogP contribution in [0.2, 0.25) is 0 Å². The van der Waals surface area contributed by atoms with Gasteiger partial charge in [0.2, 0.25) is 5.91 Å². The van der Waals surface area contributed by atoms with Crippen LogP contribution >= 0.6 is 11.8 Å². The number of sulfone groups is 1. The third-order valence-electron chi connectivity index (χ3n) is 5.83. The maximum absolute atomic E-state index is 13.3. The highest BCUT2D eigenvalue weighted by Crippen LogP contribution is 2.49. The zero-order valence-corrected chi connectivity index (χ0v) is 21.6. The van der Waals surface area contributed by atoms with Gasteiger partial charge in [0.05, 0.1) is 26.9 Å². The molecular formula is C23H24F2N6O3S2. The van der Waals surface area contributed by atoms with Crippen molar-refractivity contribution in [3.05, 3.63) is 35.7 Å². The van der Waals surface area contributed by atoms with Crippen LogP contribution in [0.4, 0.5) is 26.0 Å². The summed E-state index contributed by atoms with van der Waals surface area (Å²) in [5.41, 5.74) is 1.84. The summed E-state index contributed by atoms with van der Waals surface area (Å²) in [4.78, 5) is 28.6.